The number of unbranched alkanes of at least 4 members (excludes halogenated alkanes) is 4. The zero-order valence-corrected chi connectivity index (χ0v) is 47.7. The number of hydrogen-bond donors (Lipinski definition) is 12. The van der Waals surface area contributed by atoms with Crippen LogP contribution in [0.1, 0.15) is 119 Å². The van der Waals surface area contributed by atoms with Crippen molar-refractivity contribution in [3.63, 3.8) is 0 Å². The molecule has 32 heteroatoms. The summed E-state index contributed by atoms with van der Waals surface area (Å²) >= 11 is 9.53. The molecule has 81 heavy (non-hydrogen) atoms. The van der Waals surface area contributed by atoms with Gasteiger partial charge < -0.3 is 74.1 Å². The zero-order chi connectivity index (χ0) is 63.5. The van der Waals surface area contributed by atoms with Crippen LogP contribution in [0.3, 0.4) is 0 Å². The average molecular weight is 1200 g/mol. The summed E-state index contributed by atoms with van der Waals surface area (Å²) in [5.41, 5.74) is 20.9. The van der Waals surface area contributed by atoms with Gasteiger partial charge in [-0.2, -0.15) is 0 Å². The highest BCUT2D eigenvalue weighted by atomic mass is 35.5. The van der Waals surface area contributed by atoms with Gasteiger partial charge in [0.05, 0.1) is 15.2 Å². The van der Waals surface area contributed by atoms with E-state index in [0.29, 0.717) is 89.0 Å². The van der Waals surface area contributed by atoms with Crippen molar-refractivity contribution in [3.8, 4) is 11.5 Å². The molecule has 0 spiro atoms. The number of carboxylic acid groups (broad SMARTS) is 4. The van der Waals surface area contributed by atoms with Gasteiger partial charge in [-0.25, -0.2) is 4.79 Å². The van der Waals surface area contributed by atoms with E-state index < -0.39 is 69.8 Å². The Hall–Kier alpha value is -7.64. The number of nitro groups is 2. The Balaban J connectivity index is -0.000000283. The second-order valence-electron chi connectivity index (χ2n) is 16.4. The number of nitrogens with two attached hydrogens (primary N) is 4. The molecule has 0 saturated heterocycles. The monoisotopic (exact) mass is 1200 g/mol. The molecule has 0 saturated carbocycles. The maximum absolute atomic E-state index is 10.7. The van der Waals surface area contributed by atoms with Gasteiger partial charge in [-0.3, -0.25) is 63.4 Å². The first-order valence-corrected chi connectivity index (χ1v) is 25.7. The normalized spacial score (nSPS) is 11.0. The summed E-state index contributed by atoms with van der Waals surface area (Å²) in [6.45, 7) is 10.4. The lowest BCUT2D eigenvalue weighted by Gasteiger charge is -2.12. The Labute approximate surface area is 479 Å². The van der Waals surface area contributed by atoms with E-state index in [1.165, 1.54) is 90.1 Å². The van der Waals surface area contributed by atoms with Gasteiger partial charge in [-0.05, 0) is 101 Å². The molecule has 0 aliphatic carbocycles. The van der Waals surface area contributed by atoms with Gasteiger partial charge in [-0.15, -0.1) is 23.2 Å². The lowest BCUT2D eigenvalue weighted by molar-refractivity contribution is -0.385. The van der Waals surface area contributed by atoms with E-state index in [9.17, 15) is 68.2 Å². The number of rotatable bonds is 28. The van der Waals surface area contributed by atoms with Crippen LogP contribution in [0, 0.1) is 20.2 Å². The second-order valence-corrected chi connectivity index (χ2v) is 17.2. The number of non-ortho nitro benzene ring substituents is 2. The van der Waals surface area contributed by atoms with Crippen molar-refractivity contribution in [1.82, 2.24) is 21.3 Å². The second kappa shape index (κ2) is 53.0. The van der Waals surface area contributed by atoms with Crippen LogP contribution >= 0.6 is 23.2 Å². The summed E-state index contributed by atoms with van der Waals surface area (Å²) < 4.78 is 9.37. The fourth-order valence-corrected chi connectivity index (χ4v) is 5.23. The number of hydrogen-bond acceptors (Lipinski definition) is 20. The summed E-state index contributed by atoms with van der Waals surface area (Å²) in [5.74, 6) is -4.79. The van der Waals surface area contributed by atoms with E-state index in [1.54, 1.807) is 0 Å². The van der Waals surface area contributed by atoms with Crippen LogP contribution in [0.5, 0.6) is 11.5 Å². The van der Waals surface area contributed by atoms with Gasteiger partial charge >= 0.3 is 35.8 Å². The number of carboxylic acids is 4. The average Bonchev–Trinajstić information content (AvgIpc) is 3.36. The molecule has 0 fully saturated rings. The smallest absolute Gasteiger partial charge is 0.326 e. The number of nitro benzene ring substituents is 2. The molecule has 0 aromatic heterocycles. The summed E-state index contributed by atoms with van der Waals surface area (Å²) in [7, 11) is 0. The van der Waals surface area contributed by atoms with E-state index in [-0.39, 0.29) is 40.3 Å². The van der Waals surface area contributed by atoms with Crippen LogP contribution in [-0.4, -0.2) is 145 Å². The zero-order valence-electron chi connectivity index (χ0n) is 46.2. The van der Waals surface area contributed by atoms with Gasteiger partial charge in [0.15, 0.2) is 0 Å². The number of alkyl halides is 2. The first-order chi connectivity index (χ1) is 37.8. The van der Waals surface area contributed by atoms with Crippen LogP contribution in [0.4, 0.5) is 11.4 Å². The predicted molar refractivity (Wildman–Crippen MR) is 298 cm³/mol. The van der Waals surface area contributed by atoms with Crippen LogP contribution in [0.15, 0.2) is 48.5 Å². The molecule has 0 bridgehead atoms. The summed E-state index contributed by atoms with van der Waals surface area (Å²) in [6.07, 6.45) is 7.74. The Kier molecular flexibility index (Phi) is 53.8. The topological polar surface area (TPSA) is 509 Å². The molecule has 2 aromatic carbocycles. The molecule has 2 rings (SSSR count). The van der Waals surface area contributed by atoms with Gasteiger partial charge in [-0.1, -0.05) is 6.42 Å². The molecule has 4 atom stereocenters. The van der Waals surface area contributed by atoms with Crippen LogP contribution in [0.2, 0.25) is 0 Å². The minimum absolute atomic E-state index is 0.0316. The molecule has 4 unspecified atom stereocenters. The minimum Gasteiger partial charge on any atom is -0.480 e. The minimum atomic E-state index is -1.03. The summed E-state index contributed by atoms with van der Waals surface area (Å²) in [6, 6.07) is 7.49. The highest BCUT2D eigenvalue weighted by Crippen LogP contribution is 2.18. The largest absolute Gasteiger partial charge is 0.480 e. The van der Waals surface area contributed by atoms with E-state index in [4.69, 9.17) is 66.6 Å². The number of benzene rings is 2. The highest BCUT2D eigenvalue weighted by Gasteiger charge is 2.17. The van der Waals surface area contributed by atoms with Crippen molar-refractivity contribution >= 4 is 94.0 Å². The van der Waals surface area contributed by atoms with Crippen molar-refractivity contribution in [1.29, 1.82) is 0 Å². The Bertz CT molecular complexity index is 2070. The van der Waals surface area contributed by atoms with Crippen LogP contribution < -0.4 is 53.7 Å². The number of carbonyl (C=O) groups excluding carboxylic acids is 6. The van der Waals surface area contributed by atoms with Crippen molar-refractivity contribution in [2.45, 2.75) is 143 Å². The maximum atomic E-state index is 10.7. The molecular weight excluding hydrogens is 1120 g/mol. The molecule has 0 aliphatic heterocycles. The standard InChI is InChI=1S/C10H18N2O4.2C8H16N2O3.2C8H7NO4.C6H14N2O2.CH2Cl2/c1-7(13)11-6-4-3-5-9(10(15)16)12-8(2)14;2*1-6(11)10-5-3-2-4-7(9)8(12)13;2*1-6(10)13-8-4-2-7(3-5-8)9(11)12;7-4-2-1-3-5(8)6(9)10;2-1-3/h9H,3-6H2,1-2H3,(H,11,13)(H,12,14)(H,15,16);2*7H,2-5,9H2,1H3,(H,10,11)(H,12,13);2*2-5H,1H3;5H,1-4,7-8H2,(H,9,10);1H2. The molecule has 0 radical (unpaired) electrons. The van der Waals surface area contributed by atoms with Gasteiger partial charge in [0.2, 0.25) is 23.6 Å². The number of amides is 4. The van der Waals surface area contributed by atoms with Gasteiger partial charge in [0.1, 0.15) is 35.7 Å². The predicted octanol–water partition coefficient (Wildman–Crippen LogP) is 3.28. The molecule has 16 N–H and O–H groups in total. The molecular formula is C49H80Cl2N10O20. The van der Waals surface area contributed by atoms with Crippen molar-refractivity contribution in [2.75, 3.05) is 31.5 Å². The van der Waals surface area contributed by atoms with Crippen molar-refractivity contribution in [3.05, 3.63) is 68.8 Å². The summed E-state index contributed by atoms with van der Waals surface area (Å²) in [4.78, 5) is 124. The first-order valence-electron chi connectivity index (χ1n) is 24.7. The SMILES string of the molecule is CC(=O)NCCCCC(N)C(=O)O.CC(=O)NCCCCC(N)C(=O)O.CC(=O)NCCCCC(NC(C)=O)C(=O)O.CC(=O)Oc1ccc([N+](=O)[O-])cc1.CC(=O)Oc1ccc([N+](=O)[O-])cc1.ClCCl.NCCCCC(N)C(=O)O. The van der Waals surface area contributed by atoms with Crippen LogP contribution in [0.25, 0.3) is 0 Å². The number of esters is 2. The third-order valence-corrected chi connectivity index (χ3v) is 9.14. The Morgan fingerprint density at radius 3 is 0.963 bits per heavy atom. The molecule has 30 nitrogen and oxygen atoms in total. The number of nitrogens with one attached hydrogen (secondary N) is 4. The fourth-order valence-electron chi connectivity index (χ4n) is 5.23. The van der Waals surface area contributed by atoms with Crippen molar-refractivity contribution in [2.24, 2.45) is 22.9 Å². The van der Waals surface area contributed by atoms with Crippen molar-refractivity contribution < 1.29 is 87.7 Å². The van der Waals surface area contributed by atoms with Crippen LogP contribution in [-0.2, 0) is 47.9 Å². The molecule has 460 valence electrons. The lowest BCUT2D eigenvalue weighted by atomic mass is 10.1. The molecule has 0 heterocycles. The van der Waals surface area contributed by atoms with Gasteiger partial charge in [0.25, 0.3) is 11.4 Å². The third kappa shape index (κ3) is 59.9. The lowest BCUT2D eigenvalue weighted by Crippen LogP contribution is -2.39. The highest BCUT2D eigenvalue weighted by molar-refractivity contribution is 6.40. The maximum Gasteiger partial charge on any atom is 0.326 e. The molecule has 2 aromatic rings. The number of ether oxygens (including phenoxy) is 2. The summed E-state index contributed by atoms with van der Waals surface area (Å²) in [5, 5.41) is 64.8. The van der Waals surface area contributed by atoms with E-state index in [1.807, 2.05) is 0 Å². The number of nitrogens with zero attached hydrogens (tertiary/aromatic N) is 2. The first kappa shape index (κ1) is 82.2. The molecule has 0 aliphatic rings. The molecule has 4 amide bonds. The number of halogens is 2. The van der Waals surface area contributed by atoms with E-state index in [2.05, 4.69) is 30.7 Å². The Morgan fingerprint density at radius 2 is 0.753 bits per heavy atom. The Morgan fingerprint density at radius 1 is 0.481 bits per heavy atom. The number of aliphatic carboxylic acids is 4. The quantitative estimate of drug-likeness (QED) is 0.0145. The third-order valence-electron chi connectivity index (χ3n) is 9.14. The van der Waals surface area contributed by atoms with E-state index in [0.717, 1.165) is 25.7 Å². The fraction of sp³-hybridized carbons (Fsp3) is 0.551. The van der Waals surface area contributed by atoms with E-state index >= 15 is 0 Å². The van der Waals surface area contributed by atoms with Gasteiger partial charge in [0, 0.05) is 85.4 Å². The number of carbonyl (C=O) groups is 10.